The molecule has 0 aliphatic carbocycles. The van der Waals surface area contributed by atoms with Crippen LogP contribution in [0.15, 0.2) is 18.2 Å². The minimum absolute atomic E-state index is 0.00451. The summed E-state index contributed by atoms with van der Waals surface area (Å²) in [6.45, 7) is 3.65. The van der Waals surface area contributed by atoms with Crippen LogP contribution in [0.3, 0.4) is 0 Å². The van der Waals surface area contributed by atoms with Crippen molar-refractivity contribution in [3.05, 3.63) is 34.9 Å². The molecule has 6 nitrogen and oxygen atoms in total. The molecule has 1 unspecified atom stereocenters. The molecule has 128 valence electrons. The number of hydrogen-bond acceptors (Lipinski definition) is 4. The minimum Gasteiger partial charge on any atom is -0.337 e. The van der Waals surface area contributed by atoms with Crippen LogP contribution in [-0.4, -0.2) is 53.2 Å². The van der Waals surface area contributed by atoms with E-state index in [1.807, 2.05) is 6.92 Å². The number of imide groups is 1. The molecule has 3 rings (SSSR count). The molecule has 1 aromatic rings. The normalized spacial score (nSPS) is 20.5. The van der Waals surface area contributed by atoms with Crippen molar-refractivity contribution in [2.75, 3.05) is 19.6 Å². The fourth-order valence-corrected chi connectivity index (χ4v) is 3.32. The molecule has 2 aliphatic heterocycles. The quantitative estimate of drug-likeness (QED) is 0.851. The maximum atomic E-state index is 12.6. The number of rotatable bonds is 4. The largest absolute Gasteiger partial charge is 0.337 e. The molecule has 2 heterocycles. The first-order valence-corrected chi connectivity index (χ1v) is 8.58. The van der Waals surface area contributed by atoms with Crippen molar-refractivity contribution in [1.29, 1.82) is 0 Å². The van der Waals surface area contributed by atoms with Gasteiger partial charge < -0.3 is 10.6 Å². The number of hydrogen-bond donors (Lipinski definition) is 1. The maximum Gasteiger partial charge on any atom is 0.261 e. The number of likely N-dealkylation sites (tertiary alicyclic amines) is 1. The zero-order chi connectivity index (χ0) is 17.3. The summed E-state index contributed by atoms with van der Waals surface area (Å²) in [5.41, 5.74) is 7.11. The lowest BCUT2D eigenvalue weighted by Gasteiger charge is -2.30. The third-order valence-electron chi connectivity index (χ3n) is 4.70. The van der Waals surface area contributed by atoms with Crippen LogP contribution in [0.5, 0.6) is 0 Å². The first-order chi connectivity index (χ1) is 11.5. The van der Waals surface area contributed by atoms with Gasteiger partial charge in [0.1, 0.15) is 0 Å². The Morgan fingerprint density at radius 2 is 2.00 bits per heavy atom. The molecule has 1 aromatic carbocycles. The van der Waals surface area contributed by atoms with Gasteiger partial charge in [-0.25, -0.2) is 0 Å². The summed E-state index contributed by atoms with van der Waals surface area (Å²) in [5, 5.41) is 0. The van der Waals surface area contributed by atoms with Crippen molar-refractivity contribution in [1.82, 2.24) is 9.80 Å². The van der Waals surface area contributed by atoms with E-state index in [9.17, 15) is 14.4 Å². The van der Waals surface area contributed by atoms with E-state index >= 15 is 0 Å². The van der Waals surface area contributed by atoms with Crippen LogP contribution in [-0.2, 0) is 0 Å². The summed E-state index contributed by atoms with van der Waals surface area (Å²) >= 11 is 0. The molecule has 1 saturated heterocycles. The van der Waals surface area contributed by atoms with Gasteiger partial charge in [0, 0.05) is 31.2 Å². The molecule has 1 atom stereocenters. The molecule has 3 amide bonds. The van der Waals surface area contributed by atoms with Gasteiger partial charge in [-0.05, 0) is 37.5 Å². The summed E-state index contributed by atoms with van der Waals surface area (Å²) in [4.78, 5) is 40.5. The van der Waals surface area contributed by atoms with E-state index in [0.29, 0.717) is 36.3 Å². The highest BCUT2D eigenvalue weighted by molar-refractivity contribution is 6.22. The Bertz CT molecular complexity index is 686. The lowest BCUT2D eigenvalue weighted by atomic mass is 10.0. The molecular weight excluding hydrogens is 306 g/mol. The fraction of sp³-hybridized carbons (Fsp3) is 0.500. The van der Waals surface area contributed by atoms with Gasteiger partial charge in [0.05, 0.1) is 11.1 Å². The number of carbonyl (C=O) groups excluding carboxylic acids is 3. The highest BCUT2D eigenvalue weighted by Crippen LogP contribution is 2.25. The number of benzene rings is 1. The smallest absolute Gasteiger partial charge is 0.261 e. The zero-order valence-corrected chi connectivity index (χ0v) is 14.0. The second-order valence-corrected chi connectivity index (χ2v) is 6.53. The molecule has 0 saturated carbocycles. The Kier molecular flexibility index (Phi) is 4.66. The molecule has 1 fully saturated rings. The van der Waals surface area contributed by atoms with Crippen molar-refractivity contribution in [2.24, 2.45) is 5.73 Å². The van der Waals surface area contributed by atoms with Crippen LogP contribution < -0.4 is 5.73 Å². The van der Waals surface area contributed by atoms with Gasteiger partial charge in [0.25, 0.3) is 17.7 Å². The molecule has 0 aromatic heterocycles. The molecule has 2 N–H and O–H groups in total. The topological polar surface area (TPSA) is 83.7 Å². The van der Waals surface area contributed by atoms with Crippen LogP contribution in [0.4, 0.5) is 0 Å². The molecule has 0 spiro atoms. The standard InChI is InChI=1S/C18H23N3O3/c1-2-3-9-21-17(23)14-7-6-12(10-15(14)18(21)24)16(22)20-8-4-5-13(19)11-20/h6-7,10,13H,2-5,8-9,11,19H2,1H3. The lowest BCUT2D eigenvalue weighted by Crippen LogP contribution is -2.45. The zero-order valence-electron chi connectivity index (χ0n) is 14.0. The van der Waals surface area contributed by atoms with Gasteiger partial charge in [0.2, 0.25) is 0 Å². The van der Waals surface area contributed by atoms with Gasteiger partial charge >= 0.3 is 0 Å². The van der Waals surface area contributed by atoms with E-state index in [4.69, 9.17) is 5.73 Å². The average Bonchev–Trinajstić information content (AvgIpc) is 2.83. The molecule has 0 radical (unpaired) electrons. The van der Waals surface area contributed by atoms with E-state index in [-0.39, 0.29) is 23.8 Å². The third kappa shape index (κ3) is 2.94. The summed E-state index contributed by atoms with van der Waals surface area (Å²) in [6, 6.07) is 4.79. The van der Waals surface area contributed by atoms with Crippen molar-refractivity contribution in [3.63, 3.8) is 0 Å². The Morgan fingerprint density at radius 1 is 1.25 bits per heavy atom. The lowest BCUT2D eigenvalue weighted by molar-refractivity contribution is 0.0651. The highest BCUT2D eigenvalue weighted by atomic mass is 16.2. The Hall–Kier alpha value is -2.21. The summed E-state index contributed by atoms with van der Waals surface area (Å²) in [6.07, 6.45) is 3.50. The monoisotopic (exact) mass is 329 g/mol. The van der Waals surface area contributed by atoms with Gasteiger partial charge in [-0.15, -0.1) is 0 Å². The number of nitrogens with zero attached hydrogens (tertiary/aromatic N) is 2. The third-order valence-corrected chi connectivity index (χ3v) is 4.70. The van der Waals surface area contributed by atoms with E-state index in [0.717, 1.165) is 25.7 Å². The van der Waals surface area contributed by atoms with E-state index in [2.05, 4.69) is 0 Å². The fourth-order valence-electron chi connectivity index (χ4n) is 3.32. The van der Waals surface area contributed by atoms with Crippen molar-refractivity contribution in [2.45, 2.75) is 38.6 Å². The number of unbranched alkanes of at least 4 members (excludes halogenated alkanes) is 1. The second kappa shape index (κ2) is 6.73. The second-order valence-electron chi connectivity index (χ2n) is 6.53. The van der Waals surface area contributed by atoms with Crippen molar-refractivity contribution < 1.29 is 14.4 Å². The Morgan fingerprint density at radius 3 is 2.71 bits per heavy atom. The summed E-state index contributed by atoms with van der Waals surface area (Å²) < 4.78 is 0. The van der Waals surface area contributed by atoms with Crippen LogP contribution in [0.2, 0.25) is 0 Å². The number of piperidine rings is 1. The van der Waals surface area contributed by atoms with Gasteiger partial charge in [-0.3, -0.25) is 19.3 Å². The minimum atomic E-state index is -0.298. The molecule has 0 bridgehead atoms. The molecule has 6 heteroatoms. The van der Waals surface area contributed by atoms with Crippen LogP contribution in [0, 0.1) is 0 Å². The number of amides is 3. The Labute approximate surface area is 141 Å². The van der Waals surface area contributed by atoms with Gasteiger partial charge in [-0.1, -0.05) is 13.3 Å². The molecular formula is C18H23N3O3. The van der Waals surface area contributed by atoms with Crippen LogP contribution in [0.25, 0.3) is 0 Å². The van der Waals surface area contributed by atoms with Crippen molar-refractivity contribution >= 4 is 17.7 Å². The van der Waals surface area contributed by atoms with E-state index in [1.54, 1.807) is 23.1 Å². The number of fused-ring (bicyclic) bond motifs is 1. The predicted octanol–water partition coefficient (Wildman–Crippen LogP) is 1.65. The van der Waals surface area contributed by atoms with Crippen LogP contribution >= 0.6 is 0 Å². The van der Waals surface area contributed by atoms with E-state index in [1.165, 1.54) is 4.90 Å². The molecule has 2 aliphatic rings. The highest BCUT2D eigenvalue weighted by Gasteiger charge is 2.36. The van der Waals surface area contributed by atoms with E-state index < -0.39 is 0 Å². The summed E-state index contributed by atoms with van der Waals surface area (Å²) in [5.74, 6) is -0.684. The SMILES string of the molecule is CCCCN1C(=O)c2ccc(C(=O)N3CCCC(N)C3)cc2C1=O. The summed E-state index contributed by atoms with van der Waals surface area (Å²) in [7, 11) is 0. The first-order valence-electron chi connectivity index (χ1n) is 8.58. The van der Waals surface area contributed by atoms with Crippen LogP contribution in [0.1, 0.15) is 63.7 Å². The molecule has 24 heavy (non-hydrogen) atoms. The maximum absolute atomic E-state index is 12.6. The van der Waals surface area contributed by atoms with Crippen molar-refractivity contribution in [3.8, 4) is 0 Å². The van der Waals surface area contributed by atoms with Gasteiger partial charge in [0.15, 0.2) is 0 Å². The number of carbonyl (C=O) groups is 3. The predicted molar refractivity (Wildman–Crippen MR) is 89.8 cm³/mol. The average molecular weight is 329 g/mol. The first kappa shape index (κ1) is 16.6. The number of nitrogens with two attached hydrogens (primary N) is 1. The Balaban J connectivity index is 1.83. The van der Waals surface area contributed by atoms with Gasteiger partial charge in [-0.2, -0.15) is 0 Å².